The van der Waals surface area contributed by atoms with Crippen molar-refractivity contribution in [2.45, 2.75) is 6.54 Å². The summed E-state index contributed by atoms with van der Waals surface area (Å²) >= 11 is 1.91. The van der Waals surface area contributed by atoms with Gasteiger partial charge in [0.25, 0.3) is 5.56 Å². The van der Waals surface area contributed by atoms with E-state index in [-0.39, 0.29) is 24.8 Å². The molecule has 1 aromatic heterocycles. The lowest BCUT2D eigenvalue weighted by Crippen LogP contribution is -2.37. The van der Waals surface area contributed by atoms with Gasteiger partial charge in [-0.15, -0.1) is 0 Å². The Balaban J connectivity index is 1.44. The minimum absolute atomic E-state index is 0.168. The molecule has 0 radical (unpaired) electrons. The monoisotopic (exact) mass is 424 g/mol. The van der Waals surface area contributed by atoms with Crippen LogP contribution in [0.2, 0.25) is 0 Å². The number of carbonyl (C=O) groups is 1. The second-order valence-electron chi connectivity index (χ2n) is 7.05. The topological polar surface area (TPSA) is 85.7 Å². The van der Waals surface area contributed by atoms with E-state index in [1.165, 1.54) is 4.68 Å². The van der Waals surface area contributed by atoms with Crippen LogP contribution in [0.3, 0.4) is 0 Å². The van der Waals surface area contributed by atoms with Crippen molar-refractivity contribution in [2.24, 2.45) is 0 Å². The van der Waals surface area contributed by atoms with Gasteiger partial charge in [0.05, 0.1) is 5.39 Å². The van der Waals surface area contributed by atoms with E-state index in [1.54, 1.807) is 24.3 Å². The summed E-state index contributed by atoms with van der Waals surface area (Å²) in [5.74, 6) is 3.67. The normalized spacial score (nSPS) is 15.4. The summed E-state index contributed by atoms with van der Waals surface area (Å²) in [4.78, 5) is 27.8. The number of ether oxygens (including phenoxy) is 2. The second kappa shape index (κ2) is 7.91. The molecule has 8 nitrogen and oxygen atoms in total. The number of rotatable bonds is 4. The van der Waals surface area contributed by atoms with Crippen molar-refractivity contribution in [1.82, 2.24) is 9.78 Å². The molecule has 2 aromatic carbocycles. The third-order valence-electron chi connectivity index (χ3n) is 5.11. The lowest BCUT2D eigenvalue weighted by atomic mass is 10.1. The molecule has 9 heteroatoms. The van der Waals surface area contributed by atoms with Crippen molar-refractivity contribution < 1.29 is 14.3 Å². The first kappa shape index (κ1) is 18.8. The van der Waals surface area contributed by atoms with Crippen molar-refractivity contribution in [1.29, 1.82) is 0 Å². The van der Waals surface area contributed by atoms with Crippen LogP contribution in [0.15, 0.2) is 47.3 Å². The Labute approximate surface area is 176 Å². The van der Waals surface area contributed by atoms with Crippen LogP contribution in [-0.2, 0) is 11.3 Å². The molecule has 1 saturated heterocycles. The molecule has 0 atom stereocenters. The first-order chi connectivity index (χ1) is 14.7. The summed E-state index contributed by atoms with van der Waals surface area (Å²) in [5, 5.41) is 8.77. The molecule has 30 heavy (non-hydrogen) atoms. The van der Waals surface area contributed by atoms with Crippen LogP contribution in [0.4, 0.5) is 11.5 Å². The van der Waals surface area contributed by atoms with E-state index in [4.69, 9.17) is 9.47 Å². The maximum absolute atomic E-state index is 13.0. The molecule has 2 aliphatic rings. The Morgan fingerprint density at radius 3 is 2.67 bits per heavy atom. The van der Waals surface area contributed by atoms with Crippen LogP contribution in [-0.4, -0.2) is 47.1 Å². The first-order valence-corrected chi connectivity index (χ1v) is 10.9. The highest BCUT2D eigenvalue weighted by Gasteiger charge is 2.20. The lowest BCUT2D eigenvalue weighted by molar-refractivity contribution is -0.117. The largest absolute Gasteiger partial charge is 0.454 e. The fourth-order valence-corrected chi connectivity index (χ4v) is 4.55. The Bertz CT molecular complexity index is 1170. The molecule has 3 heterocycles. The SMILES string of the molecule is O=C(Cn1nc(N2CCSCC2)c2ccccc2c1=O)Nc1ccc2c(c1)OCO2. The Hall–Kier alpha value is -3.20. The summed E-state index contributed by atoms with van der Waals surface area (Å²) in [6.07, 6.45) is 0. The molecule has 1 amide bonds. The highest BCUT2D eigenvalue weighted by molar-refractivity contribution is 7.99. The van der Waals surface area contributed by atoms with E-state index >= 15 is 0 Å². The van der Waals surface area contributed by atoms with E-state index in [0.717, 1.165) is 35.8 Å². The number of fused-ring (bicyclic) bond motifs is 2. The standard InChI is InChI=1S/C21H20N4O4S/c26-19(22-14-5-6-17-18(11-14)29-13-28-17)12-25-21(27)16-4-2-1-3-15(16)20(23-25)24-7-9-30-10-8-24/h1-6,11H,7-10,12-13H2,(H,22,26). The van der Waals surface area contributed by atoms with Crippen LogP contribution < -0.4 is 25.2 Å². The van der Waals surface area contributed by atoms with E-state index in [9.17, 15) is 9.59 Å². The summed E-state index contributed by atoms with van der Waals surface area (Å²) < 4.78 is 11.9. The van der Waals surface area contributed by atoms with Gasteiger partial charge < -0.3 is 19.7 Å². The minimum atomic E-state index is -0.334. The number of nitrogens with one attached hydrogen (secondary N) is 1. The van der Waals surface area contributed by atoms with Crippen molar-refractivity contribution in [3.05, 3.63) is 52.8 Å². The van der Waals surface area contributed by atoms with Gasteiger partial charge in [-0.25, -0.2) is 4.68 Å². The van der Waals surface area contributed by atoms with Gasteiger partial charge in [-0.1, -0.05) is 18.2 Å². The van der Waals surface area contributed by atoms with Crippen LogP contribution in [0.5, 0.6) is 11.5 Å². The molecule has 0 saturated carbocycles. The number of amides is 1. The number of hydrogen-bond acceptors (Lipinski definition) is 7. The number of benzene rings is 2. The molecule has 0 unspecified atom stereocenters. The molecule has 0 spiro atoms. The summed E-state index contributed by atoms with van der Waals surface area (Å²) in [7, 11) is 0. The third-order valence-corrected chi connectivity index (χ3v) is 6.05. The fourth-order valence-electron chi connectivity index (χ4n) is 3.64. The number of aromatic nitrogens is 2. The van der Waals surface area contributed by atoms with Crippen LogP contribution in [0, 0.1) is 0 Å². The van der Waals surface area contributed by atoms with Gasteiger partial charge in [0.2, 0.25) is 12.7 Å². The molecule has 5 rings (SSSR count). The highest BCUT2D eigenvalue weighted by atomic mass is 32.2. The third kappa shape index (κ3) is 3.56. The number of hydrogen-bond donors (Lipinski definition) is 1. The number of anilines is 2. The molecule has 0 bridgehead atoms. The van der Waals surface area contributed by atoms with Gasteiger partial charge in [-0.05, 0) is 18.2 Å². The predicted molar refractivity (Wildman–Crippen MR) is 117 cm³/mol. The molecule has 154 valence electrons. The maximum Gasteiger partial charge on any atom is 0.275 e. The van der Waals surface area contributed by atoms with Crippen molar-refractivity contribution >= 4 is 39.9 Å². The zero-order valence-corrected chi connectivity index (χ0v) is 17.0. The van der Waals surface area contributed by atoms with Crippen LogP contribution >= 0.6 is 11.8 Å². The van der Waals surface area contributed by atoms with Crippen LogP contribution in [0.25, 0.3) is 10.8 Å². The zero-order chi connectivity index (χ0) is 20.5. The van der Waals surface area contributed by atoms with Crippen molar-refractivity contribution in [3.8, 4) is 11.5 Å². The summed E-state index contributed by atoms with van der Waals surface area (Å²) in [5.41, 5.74) is 0.299. The molecular weight excluding hydrogens is 404 g/mol. The van der Waals surface area contributed by atoms with Gasteiger partial charge in [0.1, 0.15) is 6.54 Å². The van der Waals surface area contributed by atoms with Crippen molar-refractivity contribution in [2.75, 3.05) is 41.6 Å². The smallest absolute Gasteiger partial charge is 0.275 e. The van der Waals surface area contributed by atoms with E-state index < -0.39 is 0 Å². The first-order valence-electron chi connectivity index (χ1n) is 9.71. The predicted octanol–water partition coefficient (Wildman–Crippen LogP) is 2.32. The fraction of sp³-hybridized carbons (Fsp3) is 0.286. The summed E-state index contributed by atoms with van der Waals surface area (Å²) in [6.45, 7) is 1.72. The molecule has 1 fully saturated rings. The van der Waals surface area contributed by atoms with E-state index in [2.05, 4.69) is 15.3 Å². The Morgan fingerprint density at radius 2 is 1.83 bits per heavy atom. The maximum atomic E-state index is 13.0. The molecular formula is C21H20N4O4S. The molecule has 2 aliphatic heterocycles. The quantitative estimate of drug-likeness (QED) is 0.688. The average Bonchev–Trinajstić information content (AvgIpc) is 3.24. The lowest BCUT2D eigenvalue weighted by Gasteiger charge is -2.28. The van der Waals surface area contributed by atoms with Gasteiger partial charge in [-0.3, -0.25) is 9.59 Å². The van der Waals surface area contributed by atoms with Crippen LogP contribution in [0.1, 0.15) is 0 Å². The van der Waals surface area contributed by atoms with Gasteiger partial charge >= 0.3 is 0 Å². The highest BCUT2D eigenvalue weighted by Crippen LogP contribution is 2.34. The number of nitrogens with zero attached hydrogens (tertiary/aromatic N) is 3. The van der Waals surface area contributed by atoms with Crippen molar-refractivity contribution in [3.63, 3.8) is 0 Å². The average molecular weight is 424 g/mol. The summed E-state index contributed by atoms with van der Waals surface area (Å²) in [6, 6.07) is 12.6. The van der Waals surface area contributed by atoms with Gasteiger partial charge in [-0.2, -0.15) is 16.9 Å². The van der Waals surface area contributed by atoms with E-state index in [0.29, 0.717) is 22.6 Å². The van der Waals surface area contributed by atoms with Gasteiger partial charge in [0.15, 0.2) is 17.3 Å². The molecule has 0 aliphatic carbocycles. The Kier molecular flexibility index (Phi) is 4.96. The number of thioether (sulfide) groups is 1. The zero-order valence-electron chi connectivity index (χ0n) is 16.2. The minimum Gasteiger partial charge on any atom is -0.454 e. The molecule has 3 aromatic rings. The van der Waals surface area contributed by atoms with E-state index in [1.807, 2.05) is 30.0 Å². The number of carbonyl (C=O) groups excluding carboxylic acids is 1. The molecule has 1 N–H and O–H groups in total. The Morgan fingerprint density at radius 1 is 1.07 bits per heavy atom. The van der Waals surface area contributed by atoms with Gasteiger partial charge in [0, 0.05) is 41.7 Å². The second-order valence-corrected chi connectivity index (χ2v) is 8.27.